The molecule has 0 fully saturated rings. The number of carbonyl (C=O) groups is 5. The zero-order valence-corrected chi connectivity index (χ0v) is 67.0. The number of ether oxygens (including phenoxy) is 2. The van der Waals surface area contributed by atoms with Crippen LogP contribution >= 0.6 is 7.26 Å². The number of carbonyl (C=O) groups excluding carboxylic acids is 9. The van der Waals surface area contributed by atoms with E-state index in [-0.39, 0.29) is 157 Å². The van der Waals surface area contributed by atoms with E-state index in [1.807, 2.05) is 139 Å². The van der Waals surface area contributed by atoms with Crippen molar-refractivity contribution in [2.24, 2.45) is 0 Å². The molecule has 0 radical (unpaired) electrons. The molecule has 3 rings (SSSR count). The summed E-state index contributed by atoms with van der Waals surface area (Å²) in [7, 11) is -1.95. The molecule has 0 amide bonds. The number of carboxylic acid groups (broad SMARTS) is 1. The molecule has 12 nitrogen and oxygen atoms in total. The molecule has 96 heavy (non-hydrogen) atoms. The molecule has 0 N–H and O–H groups in total. The van der Waals surface area contributed by atoms with Gasteiger partial charge in [0.25, 0.3) is 0 Å². The predicted molar refractivity (Wildman–Crippen MR) is 382 cm³/mol. The Labute approximate surface area is 670 Å². The second-order valence-electron chi connectivity index (χ2n) is 19.6. The van der Waals surface area contributed by atoms with Gasteiger partial charge >= 0.3 is 127 Å². The number of halogens is 1. The fourth-order valence-corrected chi connectivity index (χ4v) is 10.9. The number of esters is 2. The molecule has 0 unspecified atom stereocenters. The van der Waals surface area contributed by atoms with Crippen molar-refractivity contribution >= 4 is 66.0 Å². The summed E-state index contributed by atoms with van der Waals surface area (Å²) in [6.45, 7) is 27.2. The monoisotopic (exact) mass is 1440 g/mol. The van der Waals surface area contributed by atoms with Gasteiger partial charge in [-0.15, -0.1) is 13.0 Å². The molecular formula is C80H96BrK2O12P. The molecule has 0 atom stereocenters. The average molecular weight is 1440 g/mol. The van der Waals surface area contributed by atoms with Crippen molar-refractivity contribution in [1.29, 1.82) is 0 Å². The van der Waals surface area contributed by atoms with Gasteiger partial charge in [0.2, 0.25) is 0 Å². The van der Waals surface area contributed by atoms with E-state index in [0.717, 1.165) is 41.9 Å². The largest absolute Gasteiger partial charge is 1.00 e. The molecule has 0 saturated heterocycles. The minimum Gasteiger partial charge on any atom is -1.00 e. The Morgan fingerprint density at radius 3 is 1.03 bits per heavy atom. The molecule has 16 heteroatoms. The maximum Gasteiger partial charge on any atom is 1.00 e. The standard InChI is InChI=1S/C25H26O2P.C23H32O2.C19H23O2.C10H12O2.2CO2.CH4.BrH.2K/c1-3-27-25(26)21(2)19-20-28(22-13-7-4-8-14-22,23-15-9-5-10-16-23)24-17-11-6-12-18-24;1-7-19(3)15-11-16-20(4)13-9-10-14-21(5)17-12-18-22(6)23(24)25-8-2;1-5-6-7-11-16(2)12-8-9-13-17(3)14-10-15-18(4)19(20)21;1-9(7-11)5-3-4-6-10(2)8-12;2*2-1-3;;;;/h4-19H,3,20H2,1-2H3;9-18H,7-8H2,1-6H3;6-15H,1-4H3,(H,20,21);3-8H,1-2H3;;;1H4;1H;;/q+1;;-1;;;;;;2*+1/p-2/b21-19+;10-9+,16-11+,17-12+,19-15+,20-13+,21-14+,22-18+;9-8+,11-7+,14-10+,16-12+,17-13+,18-15+;4-3+,9-5+,10-6+;;;;;;. The van der Waals surface area contributed by atoms with Gasteiger partial charge in [-0.3, -0.25) is 15.7 Å². The van der Waals surface area contributed by atoms with Gasteiger partial charge in [0.1, 0.15) is 35.7 Å². The number of aliphatic carboxylic acids is 1. The van der Waals surface area contributed by atoms with Gasteiger partial charge in [-0.25, -0.2) is 21.7 Å². The molecule has 502 valence electrons. The summed E-state index contributed by atoms with van der Waals surface area (Å²) in [5.74, 6) is -1.66. The SMILES string of the molecule is C.CCOC(=O)/C(C)=C/C=C/C(C)=C/C=C/C=C(C)/C=C/C=C(\C)CC.CCOC(=O)/C(C)=C/C[P+](c1ccccc1)(c1ccccc1)c1ccccc1.C[C-]=C/C=C/C(C)=C/C=C/C=C(C)/C=C/C=C(\C)C(=O)[O-].C\C(C=O)=C/C=C/C=C(\C)C=O.O=C=O.O=C=O.[Br-].[K+].[K+]. The van der Waals surface area contributed by atoms with Crippen LogP contribution in [0.4, 0.5) is 0 Å². The van der Waals surface area contributed by atoms with Gasteiger partial charge in [0.05, 0.1) is 25.3 Å². The van der Waals surface area contributed by atoms with Crippen molar-refractivity contribution in [3.05, 3.63) is 305 Å². The van der Waals surface area contributed by atoms with Gasteiger partial charge in [-0.1, -0.05) is 224 Å². The predicted octanol–water partition coefficient (Wildman–Crippen LogP) is 6.84. The summed E-state index contributed by atoms with van der Waals surface area (Å²) in [5.41, 5.74) is 8.62. The molecule has 0 saturated carbocycles. The summed E-state index contributed by atoms with van der Waals surface area (Å²) in [4.78, 5) is 86.9. The van der Waals surface area contributed by atoms with E-state index in [9.17, 15) is 29.1 Å². The molecule has 0 aliphatic carbocycles. The molecular weight excluding hydrogens is 1340 g/mol. The number of rotatable bonds is 27. The van der Waals surface area contributed by atoms with E-state index in [4.69, 9.17) is 28.7 Å². The van der Waals surface area contributed by atoms with Gasteiger partial charge in [0.15, 0.2) is 0 Å². The van der Waals surface area contributed by atoms with Crippen LogP contribution in [0, 0.1) is 6.08 Å². The number of hydrogen-bond acceptors (Lipinski definition) is 12. The first-order chi connectivity index (χ1) is 44.1. The second-order valence-corrected chi connectivity index (χ2v) is 23.1. The minimum absolute atomic E-state index is 0. The molecule has 3 aromatic rings. The Morgan fingerprint density at radius 2 is 0.740 bits per heavy atom. The smallest absolute Gasteiger partial charge is 1.00 e. The first-order valence-corrected chi connectivity index (χ1v) is 31.5. The van der Waals surface area contributed by atoms with Crippen molar-refractivity contribution in [2.75, 3.05) is 19.4 Å². The van der Waals surface area contributed by atoms with E-state index in [1.165, 1.54) is 40.1 Å². The normalized spacial score (nSPS) is 12.5. The third-order valence-corrected chi connectivity index (χ3v) is 16.2. The number of benzene rings is 3. The maximum atomic E-state index is 12.2. The topological polar surface area (TPSA) is 195 Å². The van der Waals surface area contributed by atoms with E-state index < -0.39 is 13.2 Å². The van der Waals surface area contributed by atoms with Gasteiger partial charge in [-0.2, -0.15) is 19.2 Å². The van der Waals surface area contributed by atoms with Gasteiger partial charge < -0.3 is 36.4 Å². The average Bonchev–Trinajstić information content (AvgIpc) is 0.761. The molecule has 0 spiro atoms. The number of hydrogen-bond donors (Lipinski definition) is 0. The molecule has 0 bridgehead atoms. The number of allylic oxidation sites excluding steroid dienone is 33. The van der Waals surface area contributed by atoms with Crippen LogP contribution in [0.25, 0.3) is 0 Å². The molecule has 0 aliphatic rings. The molecule has 0 heterocycles. The van der Waals surface area contributed by atoms with Gasteiger partial charge in [0, 0.05) is 11.1 Å². The molecule has 0 aromatic heterocycles. The van der Waals surface area contributed by atoms with E-state index >= 15 is 0 Å². The Hall–Kier alpha value is -6.33. The van der Waals surface area contributed by atoms with Crippen molar-refractivity contribution in [3.63, 3.8) is 0 Å². The summed E-state index contributed by atoms with van der Waals surface area (Å²) in [6, 6.07) is 32.0. The Kier molecular flexibility index (Phi) is 75.2. The van der Waals surface area contributed by atoms with E-state index in [1.54, 1.807) is 64.2 Å². The van der Waals surface area contributed by atoms with Crippen LogP contribution in [-0.2, 0) is 52.6 Å². The summed E-state index contributed by atoms with van der Waals surface area (Å²) < 4.78 is 10.1. The molecule has 3 aromatic carbocycles. The van der Waals surface area contributed by atoms with Crippen molar-refractivity contribution < 1.29 is 177 Å². The minimum atomic E-state index is -1.95. The second kappa shape index (κ2) is 70.0. The number of carboxylic acids is 1. The number of aldehydes is 2. The first kappa shape index (κ1) is 103. The van der Waals surface area contributed by atoms with Crippen LogP contribution in [0.2, 0.25) is 0 Å². The van der Waals surface area contributed by atoms with Crippen molar-refractivity contribution in [2.45, 2.75) is 111 Å². The van der Waals surface area contributed by atoms with Crippen LogP contribution in [0.15, 0.2) is 299 Å². The fourth-order valence-electron chi connectivity index (χ4n) is 6.81. The zero-order valence-electron chi connectivity index (χ0n) is 58.3. The van der Waals surface area contributed by atoms with Crippen LogP contribution in [0.5, 0.6) is 0 Å². The van der Waals surface area contributed by atoms with Crippen molar-refractivity contribution in [1.82, 2.24) is 0 Å². The van der Waals surface area contributed by atoms with Crippen LogP contribution < -0.4 is 141 Å². The Bertz CT molecular complexity index is 3230. The van der Waals surface area contributed by atoms with E-state index in [2.05, 4.69) is 130 Å². The Morgan fingerprint density at radius 1 is 0.448 bits per heavy atom. The molecule has 0 aliphatic heterocycles. The summed E-state index contributed by atoms with van der Waals surface area (Å²) >= 11 is 0. The zero-order chi connectivity index (χ0) is 69.8. The van der Waals surface area contributed by atoms with Crippen molar-refractivity contribution in [3.8, 4) is 0 Å². The van der Waals surface area contributed by atoms with Gasteiger partial charge in [-0.05, 0) is 149 Å². The maximum absolute atomic E-state index is 12.2. The summed E-state index contributed by atoms with van der Waals surface area (Å²) in [6.07, 6.45) is 54.4. The van der Waals surface area contributed by atoms with Crippen LogP contribution in [0.3, 0.4) is 0 Å². The third kappa shape index (κ3) is 54.8. The fraction of sp³-hybridized carbons (Fsp3) is 0.237. The summed E-state index contributed by atoms with van der Waals surface area (Å²) in [5, 5.41) is 14.4. The van der Waals surface area contributed by atoms with Crippen LogP contribution in [0.1, 0.15) is 111 Å². The quantitative estimate of drug-likeness (QED) is 0.0147. The third-order valence-electron chi connectivity index (χ3n) is 12.0. The first-order valence-electron chi connectivity index (χ1n) is 29.5. The Balaban J connectivity index is -0.000000217. The van der Waals surface area contributed by atoms with Crippen LogP contribution in [-0.4, -0.2) is 62.2 Å². The van der Waals surface area contributed by atoms with E-state index in [0.29, 0.717) is 35.5 Å².